The molecule has 3 heteroatoms. The van der Waals surface area contributed by atoms with E-state index in [1.165, 1.54) is 11.1 Å². The predicted octanol–water partition coefficient (Wildman–Crippen LogP) is 2.42. The Morgan fingerprint density at radius 2 is 2.22 bits per heavy atom. The molecule has 0 atom stereocenters. The second-order valence-electron chi connectivity index (χ2n) is 4.73. The van der Waals surface area contributed by atoms with Crippen LogP contribution in [0.25, 0.3) is 0 Å². The minimum atomic E-state index is 0.292. The zero-order valence-corrected chi connectivity index (χ0v) is 11.2. The van der Waals surface area contributed by atoms with E-state index in [0.717, 1.165) is 38.1 Å². The van der Waals surface area contributed by atoms with Crippen LogP contribution in [0.4, 0.5) is 0 Å². The molecule has 1 fully saturated rings. The lowest BCUT2D eigenvalue weighted by atomic mass is 10.0. The summed E-state index contributed by atoms with van der Waals surface area (Å²) in [6.07, 6.45) is 3.62. The van der Waals surface area contributed by atoms with Crippen molar-refractivity contribution in [3.63, 3.8) is 0 Å². The van der Waals surface area contributed by atoms with Crippen LogP contribution in [0.2, 0.25) is 0 Å². The number of methoxy groups -OCH3 is 1. The first-order valence-corrected chi connectivity index (χ1v) is 6.68. The summed E-state index contributed by atoms with van der Waals surface area (Å²) < 4.78 is 5.38. The molecule has 1 aromatic rings. The maximum absolute atomic E-state index is 11.6. The van der Waals surface area contributed by atoms with Crippen LogP contribution >= 0.6 is 0 Å². The van der Waals surface area contributed by atoms with Crippen LogP contribution in [0.5, 0.6) is 5.75 Å². The quantitative estimate of drug-likeness (QED) is 0.799. The molecule has 0 bridgehead atoms. The van der Waals surface area contributed by atoms with Gasteiger partial charge in [0.05, 0.1) is 7.11 Å². The van der Waals surface area contributed by atoms with Gasteiger partial charge in [-0.3, -0.25) is 4.79 Å². The fourth-order valence-electron chi connectivity index (χ4n) is 2.44. The summed E-state index contributed by atoms with van der Waals surface area (Å²) in [7, 11) is 1.70. The van der Waals surface area contributed by atoms with Gasteiger partial charge < -0.3 is 9.64 Å². The highest BCUT2D eigenvalue weighted by Crippen LogP contribution is 2.22. The van der Waals surface area contributed by atoms with Crippen molar-refractivity contribution in [2.75, 3.05) is 20.2 Å². The molecule has 0 aliphatic carbocycles. The number of carbonyl (C=O) groups is 1. The van der Waals surface area contributed by atoms with Gasteiger partial charge in [-0.15, -0.1) is 0 Å². The van der Waals surface area contributed by atoms with Gasteiger partial charge in [-0.1, -0.05) is 19.1 Å². The lowest BCUT2D eigenvalue weighted by Gasteiger charge is -2.17. The molecule has 3 nitrogen and oxygen atoms in total. The number of likely N-dealkylation sites (tertiary alicyclic amines) is 1. The molecule has 0 spiro atoms. The molecule has 1 aliphatic heterocycles. The molecule has 1 aromatic carbocycles. The van der Waals surface area contributed by atoms with Crippen LogP contribution in [-0.2, 0) is 17.6 Å². The van der Waals surface area contributed by atoms with Crippen molar-refractivity contribution in [3.8, 4) is 5.75 Å². The number of nitrogens with zero attached hydrogens (tertiary/aromatic N) is 1. The fourth-order valence-corrected chi connectivity index (χ4v) is 2.44. The number of carbonyl (C=O) groups excluding carboxylic acids is 1. The topological polar surface area (TPSA) is 29.5 Å². The Morgan fingerprint density at radius 1 is 1.39 bits per heavy atom. The number of ether oxygens (including phenoxy) is 1. The second kappa shape index (κ2) is 5.89. The summed E-state index contributed by atoms with van der Waals surface area (Å²) in [5.41, 5.74) is 2.52. The van der Waals surface area contributed by atoms with Gasteiger partial charge in [0.2, 0.25) is 5.91 Å². The van der Waals surface area contributed by atoms with Gasteiger partial charge in [0.15, 0.2) is 0 Å². The summed E-state index contributed by atoms with van der Waals surface area (Å²) >= 11 is 0. The summed E-state index contributed by atoms with van der Waals surface area (Å²) in [6, 6.07) is 6.32. The summed E-state index contributed by atoms with van der Waals surface area (Å²) in [4.78, 5) is 13.5. The first-order valence-electron chi connectivity index (χ1n) is 6.68. The number of aryl methyl sites for hydroxylation is 1. The molecule has 0 radical (unpaired) electrons. The van der Waals surface area contributed by atoms with Gasteiger partial charge in [-0.05, 0) is 36.5 Å². The summed E-state index contributed by atoms with van der Waals surface area (Å²) in [6.45, 7) is 3.87. The van der Waals surface area contributed by atoms with E-state index in [2.05, 4.69) is 19.1 Å². The lowest BCUT2D eigenvalue weighted by molar-refractivity contribution is -0.127. The third-order valence-corrected chi connectivity index (χ3v) is 3.58. The van der Waals surface area contributed by atoms with Crippen molar-refractivity contribution in [2.45, 2.75) is 32.6 Å². The molecule has 0 saturated carbocycles. The van der Waals surface area contributed by atoms with Gasteiger partial charge in [-0.2, -0.15) is 0 Å². The zero-order chi connectivity index (χ0) is 13.0. The van der Waals surface area contributed by atoms with Crippen molar-refractivity contribution in [1.82, 2.24) is 4.90 Å². The van der Waals surface area contributed by atoms with Crippen LogP contribution in [0.15, 0.2) is 18.2 Å². The van der Waals surface area contributed by atoms with Crippen LogP contribution in [0.1, 0.15) is 30.9 Å². The summed E-state index contributed by atoms with van der Waals surface area (Å²) in [5, 5.41) is 0. The van der Waals surface area contributed by atoms with Crippen LogP contribution < -0.4 is 4.74 Å². The molecule has 98 valence electrons. The van der Waals surface area contributed by atoms with E-state index >= 15 is 0 Å². The Kier molecular flexibility index (Phi) is 4.24. The molecule has 1 heterocycles. The molecule has 2 rings (SSSR count). The van der Waals surface area contributed by atoms with Crippen molar-refractivity contribution < 1.29 is 9.53 Å². The molecule has 0 unspecified atom stereocenters. The third-order valence-electron chi connectivity index (χ3n) is 3.58. The molecule has 0 N–H and O–H groups in total. The van der Waals surface area contributed by atoms with E-state index < -0.39 is 0 Å². The molecular weight excluding hydrogens is 226 g/mol. The van der Waals surface area contributed by atoms with Crippen LogP contribution in [0, 0.1) is 0 Å². The molecule has 18 heavy (non-hydrogen) atoms. The van der Waals surface area contributed by atoms with Crippen molar-refractivity contribution in [3.05, 3.63) is 29.3 Å². The highest BCUT2D eigenvalue weighted by Gasteiger charge is 2.19. The average molecular weight is 247 g/mol. The Balaban J connectivity index is 2.04. The van der Waals surface area contributed by atoms with E-state index in [9.17, 15) is 4.79 Å². The average Bonchev–Trinajstić information content (AvgIpc) is 2.81. The highest BCUT2D eigenvalue weighted by atomic mass is 16.5. The van der Waals surface area contributed by atoms with E-state index in [-0.39, 0.29) is 0 Å². The summed E-state index contributed by atoms with van der Waals surface area (Å²) in [5.74, 6) is 1.22. The number of amides is 1. The number of hydrogen-bond donors (Lipinski definition) is 0. The monoisotopic (exact) mass is 247 g/mol. The van der Waals surface area contributed by atoms with Crippen molar-refractivity contribution in [2.24, 2.45) is 0 Å². The predicted molar refractivity (Wildman–Crippen MR) is 71.9 cm³/mol. The van der Waals surface area contributed by atoms with Crippen molar-refractivity contribution >= 4 is 5.91 Å². The van der Waals surface area contributed by atoms with Gasteiger partial charge in [-0.25, -0.2) is 0 Å². The molecule has 1 aliphatic rings. The number of benzene rings is 1. The van der Waals surface area contributed by atoms with Gasteiger partial charge >= 0.3 is 0 Å². The van der Waals surface area contributed by atoms with Gasteiger partial charge in [0.1, 0.15) is 5.75 Å². The molecular formula is C15H21NO2. The van der Waals surface area contributed by atoms with E-state index in [1.807, 2.05) is 11.0 Å². The standard InChI is InChI=1S/C15H21NO2/c1-3-12-6-7-14(18-2)13(11-12)8-10-16-9-4-5-15(16)17/h6-7,11H,3-5,8-10H2,1-2H3. The first-order chi connectivity index (χ1) is 8.74. The minimum absolute atomic E-state index is 0.292. The Bertz CT molecular complexity index is 429. The van der Waals surface area contributed by atoms with Crippen LogP contribution in [0.3, 0.4) is 0 Å². The van der Waals surface area contributed by atoms with Gasteiger partial charge in [0, 0.05) is 19.5 Å². The number of hydrogen-bond acceptors (Lipinski definition) is 2. The maximum Gasteiger partial charge on any atom is 0.222 e. The normalized spacial score (nSPS) is 15.2. The third kappa shape index (κ3) is 2.84. The fraction of sp³-hybridized carbons (Fsp3) is 0.533. The smallest absolute Gasteiger partial charge is 0.222 e. The Morgan fingerprint density at radius 3 is 2.83 bits per heavy atom. The largest absolute Gasteiger partial charge is 0.496 e. The van der Waals surface area contributed by atoms with E-state index in [4.69, 9.17) is 4.74 Å². The Hall–Kier alpha value is -1.51. The van der Waals surface area contributed by atoms with E-state index in [0.29, 0.717) is 12.3 Å². The lowest BCUT2D eigenvalue weighted by Crippen LogP contribution is -2.27. The van der Waals surface area contributed by atoms with Gasteiger partial charge in [0.25, 0.3) is 0 Å². The molecule has 1 amide bonds. The van der Waals surface area contributed by atoms with Crippen LogP contribution in [-0.4, -0.2) is 31.0 Å². The maximum atomic E-state index is 11.6. The zero-order valence-electron chi connectivity index (χ0n) is 11.2. The number of rotatable bonds is 5. The van der Waals surface area contributed by atoms with E-state index in [1.54, 1.807) is 7.11 Å². The first kappa shape index (κ1) is 12.9. The molecule has 0 aromatic heterocycles. The SMILES string of the molecule is CCc1ccc(OC)c(CCN2CCCC2=O)c1. The highest BCUT2D eigenvalue weighted by molar-refractivity contribution is 5.78. The Labute approximate surface area is 109 Å². The minimum Gasteiger partial charge on any atom is -0.496 e. The molecule has 1 saturated heterocycles. The second-order valence-corrected chi connectivity index (χ2v) is 4.73. The van der Waals surface area contributed by atoms with Crippen molar-refractivity contribution in [1.29, 1.82) is 0 Å².